The van der Waals surface area contributed by atoms with E-state index in [4.69, 9.17) is 4.74 Å². The number of imidazole rings is 1. The molecule has 5 heteroatoms. The monoisotopic (exact) mass is 277 g/mol. The first kappa shape index (κ1) is 14.0. The first-order valence-corrected chi connectivity index (χ1v) is 7.15. The summed E-state index contributed by atoms with van der Waals surface area (Å²) < 4.78 is 5.49. The van der Waals surface area contributed by atoms with Gasteiger partial charge in [0, 0.05) is 28.9 Å². The van der Waals surface area contributed by atoms with Crippen molar-refractivity contribution in [1.82, 2.24) is 15.3 Å². The molecule has 0 spiro atoms. The first-order valence-electron chi connectivity index (χ1n) is 6.33. The molecule has 2 aromatic rings. The molecule has 1 heterocycles. The zero-order valence-electron chi connectivity index (χ0n) is 11.4. The molecular weight excluding hydrogens is 258 g/mol. The molecule has 102 valence electrons. The standard InChI is InChI=1S/C14H19N3OS/c1-4-15-10(2)13-11(18-3)6-5-7-12(13)19-14-16-8-9-17-14/h5-10,15H,4H2,1-3H3,(H,16,17). The highest BCUT2D eigenvalue weighted by molar-refractivity contribution is 7.99. The minimum atomic E-state index is 0.235. The van der Waals surface area contributed by atoms with Crippen LogP contribution in [0.2, 0.25) is 0 Å². The van der Waals surface area contributed by atoms with Gasteiger partial charge in [0.1, 0.15) is 5.75 Å². The van der Waals surface area contributed by atoms with Crippen LogP contribution in [-0.2, 0) is 0 Å². The van der Waals surface area contributed by atoms with Crippen LogP contribution in [0.4, 0.5) is 0 Å². The number of aromatic nitrogens is 2. The van der Waals surface area contributed by atoms with Gasteiger partial charge >= 0.3 is 0 Å². The summed E-state index contributed by atoms with van der Waals surface area (Å²) in [4.78, 5) is 8.53. The zero-order chi connectivity index (χ0) is 13.7. The van der Waals surface area contributed by atoms with Crippen LogP contribution in [0, 0.1) is 0 Å². The number of hydrogen-bond acceptors (Lipinski definition) is 4. The van der Waals surface area contributed by atoms with E-state index in [0.29, 0.717) is 0 Å². The van der Waals surface area contributed by atoms with Crippen LogP contribution < -0.4 is 10.1 Å². The summed E-state index contributed by atoms with van der Waals surface area (Å²) in [7, 11) is 1.71. The molecule has 2 N–H and O–H groups in total. The van der Waals surface area contributed by atoms with Crippen molar-refractivity contribution in [3.8, 4) is 5.75 Å². The van der Waals surface area contributed by atoms with Crippen molar-refractivity contribution in [1.29, 1.82) is 0 Å². The van der Waals surface area contributed by atoms with Gasteiger partial charge in [0.05, 0.1) is 7.11 Å². The van der Waals surface area contributed by atoms with Gasteiger partial charge in [-0.15, -0.1) is 0 Å². The maximum atomic E-state index is 5.49. The van der Waals surface area contributed by atoms with Crippen LogP contribution in [0.3, 0.4) is 0 Å². The summed E-state index contributed by atoms with van der Waals surface area (Å²) in [5, 5.41) is 4.32. The number of hydrogen-bond donors (Lipinski definition) is 2. The lowest BCUT2D eigenvalue weighted by atomic mass is 10.1. The summed E-state index contributed by atoms with van der Waals surface area (Å²) in [6.07, 6.45) is 3.59. The lowest BCUT2D eigenvalue weighted by Gasteiger charge is -2.19. The Kier molecular flexibility index (Phi) is 4.87. The quantitative estimate of drug-likeness (QED) is 0.851. The molecule has 2 rings (SSSR count). The van der Waals surface area contributed by atoms with Crippen LogP contribution in [0.5, 0.6) is 5.75 Å². The zero-order valence-corrected chi connectivity index (χ0v) is 12.3. The van der Waals surface area contributed by atoms with E-state index in [0.717, 1.165) is 22.3 Å². The molecule has 1 aromatic heterocycles. The predicted octanol–water partition coefficient (Wildman–Crippen LogP) is 3.24. The fraction of sp³-hybridized carbons (Fsp3) is 0.357. The topological polar surface area (TPSA) is 49.9 Å². The molecule has 0 aliphatic heterocycles. The first-order chi connectivity index (χ1) is 9.26. The Morgan fingerprint density at radius 3 is 2.95 bits per heavy atom. The van der Waals surface area contributed by atoms with Crippen molar-refractivity contribution in [3.05, 3.63) is 36.2 Å². The summed E-state index contributed by atoms with van der Waals surface area (Å²) in [5.41, 5.74) is 1.17. The van der Waals surface area contributed by atoms with Gasteiger partial charge in [-0.05, 0) is 25.6 Å². The second kappa shape index (κ2) is 6.63. The van der Waals surface area contributed by atoms with Crippen molar-refractivity contribution in [2.45, 2.75) is 29.9 Å². The van der Waals surface area contributed by atoms with Gasteiger partial charge in [-0.2, -0.15) is 0 Å². The van der Waals surface area contributed by atoms with Crippen LogP contribution in [-0.4, -0.2) is 23.6 Å². The van der Waals surface area contributed by atoms with E-state index in [-0.39, 0.29) is 6.04 Å². The Hall–Kier alpha value is -1.46. The highest BCUT2D eigenvalue weighted by atomic mass is 32.2. The lowest BCUT2D eigenvalue weighted by molar-refractivity contribution is 0.400. The van der Waals surface area contributed by atoms with Crippen LogP contribution in [0.15, 0.2) is 40.6 Å². The molecule has 0 saturated heterocycles. The molecular formula is C14H19N3OS. The third-order valence-electron chi connectivity index (χ3n) is 2.87. The number of methoxy groups -OCH3 is 1. The van der Waals surface area contributed by atoms with E-state index in [1.165, 1.54) is 5.56 Å². The van der Waals surface area contributed by atoms with Gasteiger partial charge in [0.25, 0.3) is 0 Å². The SMILES string of the molecule is CCNC(C)c1c(OC)cccc1Sc1ncc[nH]1. The molecule has 1 unspecified atom stereocenters. The number of aromatic amines is 1. The minimum Gasteiger partial charge on any atom is -0.496 e. The van der Waals surface area contributed by atoms with Crippen molar-refractivity contribution >= 4 is 11.8 Å². The highest BCUT2D eigenvalue weighted by Gasteiger charge is 2.16. The molecule has 0 aliphatic rings. The summed E-state index contributed by atoms with van der Waals surface area (Å²) in [5.74, 6) is 0.907. The van der Waals surface area contributed by atoms with E-state index in [1.807, 2.05) is 18.3 Å². The van der Waals surface area contributed by atoms with Crippen molar-refractivity contribution < 1.29 is 4.74 Å². The smallest absolute Gasteiger partial charge is 0.170 e. The second-order valence-corrected chi connectivity index (χ2v) is 5.18. The maximum Gasteiger partial charge on any atom is 0.170 e. The molecule has 1 aromatic carbocycles. The molecule has 1 atom stereocenters. The Balaban J connectivity index is 2.35. The molecule has 0 fully saturated rings. The van der Waals surface area contributed by atoms with Gasteiger partial charge < -0.3 is 15.0 Å². The number of ether oxygens (including phenoxy) is 1. The van der Waals surface area contributed by atoms with Gasteiger partial charge in [0.2, 0.25) is 0 Å². The number of rotatable bonds is 6. The Labute approximate surface area is 118 Å². The Morgan fingerprint density at radius 1 is 1.47 bits per heavy atom. The van der Waals surface area contributed by atoms with Gasteiger partial charge in [-0.25, -0.2) is 4.98 Å². The van der Waals surface area contributed by atoms with Gasteiger partial charge in [-0.3, -0.25) is 0 Å². The summed E-state index contributed by atoms with van der Waals surface area (Å²) >= 11 is 1.62. The maximum absolute atomic E-state index is 5.49. The van der Waals surface area contributed by atoms with E-state index >= 15 is 0 Å². The third-order valence-corrected chi connectivity index (χ3v) is 3.86. The van der Waals surface area contributed by atoms with E-state index in [1.54, 1.807) is 25.1 Å². The number of nitrogens with zero attached hydrogens (tertiary/aromatic N) is 1. The third kappa shape index (κ3) is 3.30. The van der Waals surface area contributed by atoms with E-state index in [2.05, 4.69) is 35.2 Å². The van der Waals surface area contributed by atoms with Crippen LogP contribution in [0.1, 0.15) is 25.5 Å². The van der Waals surface area contributed by atoms with Gasteiger partial charge in [-0.1, -0.05) is 24.8 Å². The van der Waals surface area contributed by atoms with Crippen molar-refractivity contribution in [2.75, 3.05) is 13.7 Å². The fourth-order valence-corrected chi connectivity index (χ4v) is 3.02. The fourth-order valence-electron chi connectivity index (χ4n) is 2.04. The number of nitrogens with one attached hydrogen (secondary N) is 2. The predicted molar refractivity (Wildman–Crippen MR) is 77.8 cm³/mol. The lowest BCUT2D eigenvalue weighted by Crippen LogP contribution is -2.19. The molecule has 0 radical (unpaired) electrons. The van der Waals surface area contributed by atoms with Crippen molar-refractivity contribution in [2.24, 2.45) is 0 Å². The van der Waals surface area contributed by atoms with Crippen molar-refractivity contribution in [3.63, 3.8) is 0 Å². The number of benzene rings is 1. The largest absolute Gasteiger partial charge is 0.496 e. The molecule has 4 nitrogen and oxygen atoms in total. The highest BCUT2D eigenvalue weighted by Crippen LogP contribution is 2.37. The molecule has 0 aliphatic carbocycles. The molecule has 19 heavy (non-hydrogen) atoms. The number of H-pyrrole nitrogens is 1. The second-order valence-electron chi connectivity index (χ2n) is 4.15. The van der Waals surface area contributed by atoms with Gasteiger partial charge in [0.15, 0.2) is 5.16 Å². The minimum absolute atomic E-state index is 0.235. The normalized spacial score (nSPS) is 12.4. The van der Waals surface area contributed by atoms with Crippen LogP contribution in [0.25, 0.3) is 0 Å². The summed E-state index contributed by atoms with van der Waals surface area (Å²) in [6, 6.07) is 6.33. The molecule has 0 amide bonds. The molecule has 0 saturated carbocycles. The molecule has 0 bridgehead atoms. The Morgan fingerprint density at radius 2 is 2.32 bits per heavy atom. The average Bonchev–Trinajstić information content (AvgIpc) is 2.91. The Bertz CT molecular complexity index is 513. The van der Waals surface area contributed by atoms with E-state index < -0.39 is 0 Å². The van der Waals surface area contributed by atoms with Crippen LogP contribution >= 0.6 is 11.8 Å². The average molecular weight is 277 g/mol. The van der Waals surface area contributed by atoms with E-state index in [9.17, 15) is 0 Å². The summed E-state index contributed by atoms with van der Waals surface area (Å²) in [6.45, 7) is 5.17.